The zero-order valence-corrected chi connectivity index (χ0v) is 13.7. The molecule has 7 heteroatoms. The number of alkyl halides is 3. The zero-order valence-electron chi connectivity index (χ0n) is 13.7. The maximum atomic E-state index is 12.2. The Balaban J connectivity index is 2.06. The highest BCUT2D eigenvalue weighted by Gasteiger charge is 2.30. The van der Waals surface area contributed by atoms with Gasteiger partial charge in [-0.2, -0.15) is 0 Å². The van der Waals surface area contributed by atoms with E-state index < -0.39 is 18.4 Å². The summed E-state index contributed by atoms with van der Waals surface area (Å²) in [4.78, 5) is 11.2. The molecule has 1 unspecified atom stereocenters. The molecule has 0 aliphatic heterocycles. The van der Waals surface area contributed by atoms with Gasteiger partial charge in [-0.25, -0.2) is 4.79 Å². The normalized spacial score (nSPS) is 12.3. The summed E-state index contributed by atoms with van der Waals surface area (Å²) in [7, 11) is 0. The number of carboxylic acid groups (broad SMARTS) is 1. The van der Waals surface area contributed by atoms with Crippen molar-refractivity contribution in [1.82, 2.24) is 0 Å². The number of allylic oxidation sites excluding steroid dienone is 1. The summed E-state index contributed by atoms with van der Waals surface area (Å²) in [6, 6.07) is 12.1. The van der Waals surface area contributed by atoms with Crippen molar-refractivity contribution < 1.29 is 32.5 Å². The van der Waals surface area contributed by atoms with Crippen LogP contribution in [-0.2, 0) is 4.79 Å². The first-order chi connectivity index (χ1) is 12.3. The Bertz CT molecular complexity index is 737. The summed E-state index contributed by atoms with van der Waals surface area (Å²) in [5, 5.41) is 9.15. The Morgan fingerprint density at radius 2 is 1.54 bits per heavy atom. The SMILES string of the molecule is C=CCCC(Oc1ccc(-c2ccc(OC(F)(F)F)cc2)cc1)C(=O)O. The minimum atomic E-state index is -4.73. The second kappa shape index (κ2) is 8.42. The summed E-state index contributed by atoms with van der Waals surface area (Å²) in [5.74, 6) is -0.967. The lowest BCUT2D eigenvalue weighted by molar-refractivity contribution is -0.274. The number of carbonyl (C=O) groups is 1. The molecule has 1 atom stereocenters. The van der Waals surface area contributed by atoms with Gasteiger partial charge in [-0.1, -0.05) is 30.3 Å². The molecular formula is C19H17F3O4. The fraction of sp³-hybridized carbons (Fsp3) is 0.211. The molecule has 0 aromatic heterocycles. The molecule has 0 amide bonds. The van der Waals surface area contributed by atoms with Crippen LogP contribution in [0.2, 0.25) is 0 Å². The van der Waals surface area contributed by atoms with E-state index in [-0.39, 0.29) is 5.75 Å². The van der Waals surface area contributed by atoms with Crippen LogP contribution in [0.4, 0.5) is 13.2 Å². The molecule has 0 saturated heterocycles. The van der Waals surface area contributed by atoms with E-state index >= 15 is 0 Å². The van der Waals surface area contributed by atoms with Gasteiger partial charge in [0.05, 0.1) is 0 Å². The Morgan fingerprint density at radius 1 is 1.04 bits per heavy atom. The van der Waals surface area contributed by atoms with Gasteiger partial charge in [0.2, 0.25) is 0 Å². The van der Waals surface area contributed by atoms with Crippen LogP contribution in [0.5, 0.6) is 11.5 Å². The zero-order chi connectivity index (χ0) is 19.2. The van der Waals surface area contributed by atoms with E-state index in [0.29, 0.717) is 24.2 Å². The van der Waals surface area contributed by atoms with E-state index in [0.717, 1.165) is 5.56 Å². The number of aliphatic carboxylic acids is 1. The molecule has 138 valence electrons. The third kappa shape index (κ3) is 5.84. The number of ether oxygens (including phenoxy) is 2. The van der Waals surface area contributed by atoms with Gasteiger partial charge in [-0.05, 0) is 48.2 Å². The van der Waals surface area contributed by atoms with Crippen LogP contribution in [0.3, 0.4) is 0 Å². The lowest BCUT2D eigenvalue weighted by Gasteiger charge is -2.14. The van der Waals surface area contributed by atoms with Crippen molar-refractivity contribution >= 4 is 5.97 Å². The third-order valence-corrected chi connectivity index (χ3v) is 3.46. The van der Waals surface area contributed by atoms with Crippen molar-refractivity contribution in [2.45, 2.75) is 25.3 Å². The van der Waals surface area contributed by atoms with Crippen LogP contribution < -0.4 is 9.47 Å². The number of hydrogen-bond acceptors (Lipinski definition) is 3. The highest BCUT2D eigenvalue weighted by molar-refractivity contribution is 5.73. The van der Waals surface area contributed by atoms with Gasteiger partial charge in [0.15, 0.2) is 6.10 Å². The number of hydrogen-bond donors (Lipinski definition) is 1. The minimum Gasteiger partial charge on any atom is -0.479 e. The summed E-state index contributed by atoms with van der Waals surface area (Å²) in [6.45, 7) is 3.55. The minimum absolute atomic E-state index is 0.298. The summed E-state index contributed by atoms with van der Waals surface area (Å²) in [5.41, 5.74) is 1.43. The molecule has 0 radical (unpaired) electrons. The second-order valence-electron chi connectivity index (χ2n) is 5.41. The van der Waals surface area contributed by atoms with Gasteiger partial charge in [-0.3, -0.25) is 0 Å². The van der Waals surface area contributed by atoms with Gasteiger partial charge in [0.1, 0.15) is 11.5 Å². The van der Waals surface area contributed by atoms with Crippen LogP contribution in [0.15, 0.2) is 61.2 Å². The quantitative estimate of drug-likeness (QED) is 0.664. The lowest BCUT2D eigenvalue weighted by atomic mass is 10.1. The van der Waals surface area contributed by atoms with Crippen molar-refractivity contribution in [3.63, 3.8) is 0 Å². The molecular weight excluding hydrogens is 349 g/mol. The van der Waals surface area contributed by atoms with E-state index in [1.54, 1.807) is 30.3 Å². The van der Waals surface area contributed by atoms with Gasteiger partial charge in [0, 0.05) is 0 Å². The van der Waals surface area contributed by atoms with Gasteiger partial charge in [-0.15, -0.1) is 19.8 Å². The average molecular weight is 366 g/mol. The number of halogens is 3. The van der Waals surface area contributed by atoms with Crippen molar-refractivity contribution in [2.24, 2.45) is 0 Å². The fourth-order valence-electron chi connectivity index (χ4n) is 2.24. The molecule has 0 aliphatic rings. The Morgan fingerprint density at radius 3 is 1.96 bits per heavy atom. The Kier molecular flexibility index (Phi) is 6.27. The molecule has 2 aromatic carbocycles. The standard InChI is InChI=1S/C19H17F3O4/c1-2-3-4-17(18(23)24)25-15-9-5-13(6-10-15)14-7-11-16(12-8-14)26-19(20,21)22/h2,5-12,17H,1,3-4H2,(H,23,24). The van der Waals surface area contributed by atoms with Crippen molar-refractivity contribution in [3.8, 4) is 22.6 Å². The van der Waals surface area contributed by atoms with Gasteiger partial charge >= 0.3 is 12.3 Å². The molecule has 2 aromatic rings. The molecule has 26 heavy (non-hydrogen) atoms. The molecule has 2 rings (SSSR count). The van der Waals surface area contributed by atoms with Crippen LogP contribution in [0, 0.1) is 0 Å². The highest BCUT2D eigenvalue weighted by atomic mass is 19.4. The summed E-state index contributed by atoms with van der Waals surface area (Å²) in [6.07, 6.45) is -3.26. The van der Waals surface area contributed by atoms with E-state index in [2.05, 4.69) is 11.3 Å². The van der Waals surface area contributed by atoms with Crippen LogP contribution in [0.1, 0.15) is 12.8 Å². The fourth-order valence-corrected chi connectivity index (χ4v) is 2.24. The topological polar surface area (TPSA) is 55.8 Å². The maximum absolute atomic E-state index is 12.2. The van der Waals surface area contributed by atoms with Crippen LogP contribution in [-0.4, -0.2) is 23.5 Å². The molecule has 0 saturated carbocycles. The van der Waals surface area contributed by atoms with E-state index in [9.17, 15) is 18.0 Å². The molecule has 0 bridgehead atoms. The molecule has 0 heterocycles. The van der Waals surface area contributed by atoms with Crippen LogP contribution in [0.25, 0.3) is 11.1 Å². The molecule has 0 spiro atoms. The lowest BCUT2D eigenvalue weighted by Crippen LogP contribution is -2.26. The Labute approximate surface area is 148 Å². The highest BCUT2D eigenvalue weighted by Crippen LogP contribution is 2.28. The van der Waals surface area contributed by atoms with E-state index in [4.69, 9.17) is 9.84 Å². The third-order valence-electron chi connectivity index (χ3n) is 3.46. The molecule has 0 fully saturated rings. The monoisotopic (exact) mass is 366 g/mol. The Hall–Kier alpha value is -2.96. The molecule has 1 N–H and O–H groups in total. The smallest absolute Gasteiger partial charge is 0.479 e. The number of rotatable bonds is 8. The number of carboxylic acids is 1. The summed E-state index contributed by atoms with van der Waals surface area (Å²) < 4.78 is 45.8. The average Bonchev–Trinajstić information content (AvgIpc) is 2.58. The van der Waals surface area contributed by atoms with E-state index in [1.807, 2.05) is 0 Å². The number of benzene rings is 2. The molecule has 4 nitrogen and oxygen atoms in total. The molecule has 0 aliphatic carbocycles. The largest absolute Gasteiger partial charge is 0.573 e. The van der Waals surface area contributed by atoms with E-state index in [1.165, 1.54) is 24.3 Å². The first kappa shape index (κ1) is 19.4. The predicted octanol–water partition coefficient (Wildman–Crippen LogP) is 5.05. The van der Waals surface area contributed by atoms with Crippen molar-refractivity contribution in [3.05, 3.63) is 61.2 Å². The first-order valence-electron chi connectivity index (χ1n) is 7.75. The van der Waals surface area contributed by atoms with Crippen LogP contribution >= 0.6 is 0 Å². The van der Waals surface area contributed by atoms with Crippen molar-refractivity contribution in [2.75, 3.05) is 0 Å². The first-order valence-corrected chi connectivity index (χ1v) is 7.75. The predicted molar refractivity (Wildman–Crippen MR) is 90.0 cm³/mol. The van der Waals surface area contributed by atoms with Gasteiger partial charge in [0.25, 0.3) is 0 Å². The maximum Gasteiger partial charge on any atom is 0.573 e. The van der Waals surface area contributed by atoms with Crippen molar-refractivity contribution in [1.29, 1.82) is 0 Å². The van der Waals surface area contributed by atoms with Gasteiger partial charge < -0.3 is 14.6 Å². The summed E-state index contributed by atoms with van der Waals surface area (Å²) >= 11 is 0. The second-order valence-corrected chi connectivity index (χ2v) is 5.41.